The van der Waals surface area contributed by atoms with Crippen molar-refractivity contribution in [2.24, 2.45) is 0 Å². The van der Waals surface area contributed by atoms with Crippen LogP contribution in [0.4, 0.5) is 0 Å². The third-order valence-corrected chi connectivity index (χ3v) is 0. The van der Waals surface area contributed by atoms with Crippen LogP contribution in [0, 0.1) is 0 Å². The van der Waals surface area contributed by atoms with Gasteiger partial charge < -0.3 is 5.48 Å². The van der Waals surface area contributed by atoms with Crippen LogP contribution in [0.2, 0.25) is 0 Å². The summed E-state index contributed by atoms with van der Waals surface area (Å²) in [5, 5.41) is 0. The zero-order chi connectivity index (χ0) is 2.00. The van der Waals surface area contributed by atoms with Crippen LogP contribution in [0.15, 0.2) is 0 Å². The number of hydrogen-bond acceptors (Lipinski definition) is 1. The van der Waals surface area contributed by atoms with Crippen LogP contribution in [0.5, 0.6) is 0 Å². The molecule has 0 bridgehead atoms. The molecule has 20 valence electrons. The van der Waals surface area contributed by atoms with E-state index in [1.807, 2.05) is 0 Å². The standard InChI is InChI=1S/Ca.H2OP.O/c;1-2;/h;2H2;/q+2;+1;-2. The van der Waals surface area contributed by atoms with Gasteiger partial charge in [0, 0.05) is 0 Å². The van der Waals surface area contributed by atoms with Crippen molar-refractivity contribution in [3.05, 3.63) is 0 Å². The minimum absolute atomic E-state index is 0. The van der Waals surface area contributed by atoms with Gasteiger partial charge in [0.15, 0.2) is 0 Å². The predicted octanol–water partition coefficient (Wildman–Crippen LogP) is -0.293. The van der Waals surface area contributed by atoms with Crippen LogP contribution in [-0.2, 0) is 10.0 Å². The van der Waals surface area contributed by atoms with E-state index < -0.39 is 0 Å². The van der Waals surface area contributed by atoms with Gasteiger partial charge >= 0.3 is 46.9 Å². The van der Waals surface area contributed by atoms with E-state index in [0.29, 0.717) is 0 Å². The molecule has 0 aromatic heterocycles. The fourth-order valence-corrected chi connectivity index (χ4v) is 0. The summed E-state index contributed by atoms with van der Waals surface area (Å²) < 4.78 is 8.17. The zero-order valence-electron chi connectivity index (χ0n) is 2.10. The Balaban J connectivity index is -0.00000000500. The summed E-state index contributed by atoms with van der Waals surface area (Å²) in [5.74, 6) is 0. The first-order chi connectivity index (χ1) is 1.00. The molecule has 0 saturated carbocycles. The zero-order valence-corrected chi connectivity index (χ0v) is 5.46. The molecule has 0 aliphatic rings. The first kappa shape index (κ1) is 18.4. The van der Waals surface area contributed by atoms with Crippen LogP contribution >= 0.6 is 9.12 Å². The fourth-order valence-electron chi connectivity index (χ4n) is 0. The molecule has 0 aliphatic carbocycles. The molecule has 1 atom stereocenters. The van der Waals surface area contributed by atoms with E-state index in [2.05, 4.69) is 0 Å². The predicted molar refractivity (Wildman–Crippen MR) is 16.8 cm³/mol. The van der Waals surface area contributed by atoms with Gasteiger partial charge in [-0.2, -0.15) is 0 Å². The maximum atomic E-state index is 8.17. The monoisotopic (exact) mass is 105 g/mol. The summed E-state index contributed by atoms with van der Waals surface area (Å²) in [6.07, 6.45) is 0. The average molecular weight is 105 g/mol. The van der Waals surface area contributed by atoms with Crippen molar-refractivity contribution in [1.29, 1.82) is 0 Å². The van der Waals surface area contributed by atoms with Gasteiger partial charge in [-0.25, -0.2) is 0 Å². The SMILES string of the molecule is O=[PH2+].[Ca+2].[O-2]. The second-order valence-electron chi connectivity index (χ2n) is 0. The molecular weight excluding hydrogens is 103 g/mol. The van der Waals surface area contributed by atoms with Crippen molar-refractivity contribution < 1.29 is 10.0 Å². The Hall–Kier alpha value is 1.32. The molecule has 0 N–H and O–H groups in total. The van der Waals surface area contributed by atoms with Gasteiger partial charge in [0.05, 0.1) is 0 Å². The Morgan fingerprint density at radius 3 is 1.25 bits per heavy atom. The maximum Gasteiger partial charge on any atom is 2.00 e. The molecule has 0 amide bonds. The molecule has 1 unspecified atom stereocenters. The molecule has 0 radical (unpaired) electrons. The average Bonchev–Trinajstić information content (AvgIpc) is 1.00. The van der Waals surface area contributed by atoms with E-state index in [4.69, 9.17) is 4.57 Å². The van der Waals surface area contributed by atoms with Gasteiger partial charge in [-0.3, -0.25) is 0 Å². The molecule has 2 nitrogen and oxygen atoms in total. The Morgan fingerprint density at radius 1 is 1.25 bits per heavy atom. The Morgan fingerprint density at radius 2 is 1.25 bits per heavy atom. The molecule has 4 heteroatoms. The normalized spacial score (nSPS) is 1.00. The summed E-state index contributed by atoms with van der Waals surface area (Å²) in [6, 6.07) is 0. The van der Waals surface area contributed by atoms with Gasteiger partial charge in [0.2, 0.25) is 0 Å². The van der Waals surface area contributed by atoms with Crippen LogP contribution in [0.1, 0.15) is 0 Å². The third-order valence-electron chi connectivity index (χ3n) is 0. The Kier molecular flexibility index (Phi) is 126. The summed E-state index contributed by atoms with van der Waals surface area (Å²) in [4.78, 5) is 0. The Labute approximate surface area is 56.5 Å². The molecule has 0 rings (SSSR count). The fraction of sp³-hybridized carbons (Fsp3) is 0. The molecule has 0 fully saturated rings. The van der Waals surface area contributed by atoms with Gasteiger partial charge in [0.1, 0.15) is 0 Å². The summed E-state index contributed by atoms with van der Waals surface area (Å²) in [7, 11) is 1.17. The number of rotatable bonds is 0. The first-order valence-corrected chi connectivity index (χ1v) is 0.707. The van der Waals surface area contributed by atoms with Crippen LogP contribution in [0.25, 0.3) is 0 Å². The first-order valence-electron chi connectivity index (χ1n) is 0.236. The summed E-state index contributed by atoms with van der Waals surface area (Å²) in [6.45, 7) is 0. The third kappa shape index (κ3) is 10.3. The molecule has 0 saturated heterocycles. The topological polar surface area (TPSA) is 45.6 Å². The van der Waals surface area contributed by atoms with Crippen molar-refractivity contribution in [3.8, 4) is 0 Å². The van der Waals surface area contributed by atoms with E-state index >= 15 is 0 Å². The smallest absolute Gasteiger partial charge is 2.00 e. The quantitative estimate of drug-likeness (QED) is 0.308. The van der Waals surface area contributed by atoms with Gasteiger partial charge in [0.25, 0.3) is 0 Å². The number of hydrogen-bond donors (Lipinski definition) is 0. The van der Waals surface area contributed by atoms with Crippen LogP contribution in [-0.4, -0.2) is 37.7 Å². The second kappa shape index (κ2) is 27.3. The van der Waals surface area contributed by atoms with Gasteiger partial charge in [-0.05, 0) is 0 Å². The molecule has 4 heavy (non-hydrogen) atoms. The van der Waals surface area contributed by atoms with E-state index in [0.717, 1.165) is 0 Å². The largest absolute Gasteiger partial charge is 2.00 e. The molecule has 0 aliphatic heterocycles. The van der Waals surface area contributed by atoms with Crippen LogP contribution < -0.4 is 0 Å². The van der Waals surface area contributed by atoms with Gasteiger partial charge in [-0.15, -0.1) is 0 Å². The summed E-state index contributed by atoms with van der Waals surface area (Å²) in [5.41, 5.74) is 0. The van der Waals surface area contributed by atoms with Gasteiger partial charge in [-0.1, -0.05) is 4.57 Å². The molecule has 0 spiro atoms. The van der Waals surface area contributed by atoms with E-state index in [9.17, 15) is 0 Å². The molecular formula is H2CaO2P+. The van der Waals surface area contributed by atoms with E-state index in [-0.39, 0.29) is 43.2 Å². The van der Waals surface area contributed by atoms with Crippen molar-refractivity contribution >= 4 is 46.9 Å². The second-order valence-corrected chi connectivity index (χ2v) is 0. The van der Waals surface area contributed by atoms with Crippen molar-refractivity contribution in [3.63, 3.8) is 0 Å². The molecule has 0 aromatic carbocycles. The van der Waals surface area contributed by atoms with E-state index in [1.165, 1.54) is 9.12 Å². The molecule has 0 heterocycles. The maximum absolute atomic E-state index is 8.17. The van der Waals surface area contributed by atoms with E-state index in [1.54, 1.807) is 0 Å². The van der Waals surface area contributed by atoms with Crippen molar-refractivity contribution in [2.75, 3.05) is 0 Å². The Bertz CT molecular complexity index is 6.00. The summed E-state index contributed by atoms with van der Waals surface area (Å²) >= 11 is 0. The van der Waals surface area contributed by atoms with Crippen molar-refractivity contribution in [1.82, 2.24) is 0 Å². The van der Waals surface area contributed by atoms with Crippen LogP contribution in [0.3, 0.4) is 0 Å². The van der Waals surface area contributed by atoms with Crippen molar-refractivity contribution in [2.45, 2.75) is 0 Å². The minimum Gasteiger partial charge on any atom is -2.00 e. The molecule has 0 aromatic rings. The minimum atomic E-state index is 0.